The first-order chi connectivity index (χ1) is 10.7. The lowest BCUT2D eigenvalue weighted by Crippen LogP contribution is -2.35. The number of hydrogen-bond donors (Lipinski definition) is 2. The summed E-state index contributed by atoms with van der Waals surface area (Å²) in [7, 11) is 1.72. The number of unbranched alkanes of at least 4 members (excludes halogenated alkanes) is 1. The molecular formula is C18H30IN3O. The van der Waals surface area contributed by atoms with Gasteiger partial charge < -0.3 is 15.8 Å². The molecule has 130 valence electrons. The first kappa shape index (κ1) is 20.1. The second-order valence-electron chi connectivity index (χ2n) is 6.20. The monoisotopic (exact) mass is 431 g/mol. The molecule has 0 aromatic heterocycles. The van der Waals surface area contributed by atoms with E-state index in [9.17, 15) is 0 Å². The van der Waals surface area contributed by atoms with Gasteiger partial charge >= 0.3 is 0 Å². The molecule has 1 aliphatic rings. The minimum Gasteiger partial charge on any atom is -0.497 e. The molecule has 1 fully saturated rings. The number of nitrogens with two attached hydrogens (primary N) is 1. The summed E-state index contributed by atoms with van der Waals surface area (Å²) in [6.45, 7) is 3.83. The van der Waals surface area contributed by atoms with Crippen molar-refractivity contribution in [3.8, 4) is 5.75 Å². The molecule has 2 rings (SSSR count). The molecule has 1 saturated carbocycles. The zero-order valence-corrected chi connectivity index (χ0v) is 16.6. The normalized spacial score (nSPS) is 16.7. The van der Waals surface area contributed by atoms with Crippen LogP contribution in [0.25, 0.3) is 0 Å². The van der Waals surface area contributed by atoms with Crippen LogP contribution in [0.15, 0.2) is 29.3 Å². The molecule has 0 radical (unpaired) electrons. The third-order valence-corrected chi connectivity index (χ3v) is 4.63. The second-order valence-corrected chi connectivity index (χ2v) is 6.20. The maximum absolute atomic E-state index is 6.00. The highest BCUT2D eigenvalue weighted by Crippen LogP contribution is 2.42. The first-order valence-electron chi connectivity index (χ1n) is 8.38. The van der Waals surface area contributed by atoms with Crippen LogP contribution in [-0.2, 0) is 5.41 Å². The lowest BCUT2D eigenvalue weighted by Gasteiger charge is -2.28. The van der Waals surface area contributed by atoms with Crippen LogP contribution < -0.4 is 15.8 Å². The Morgan fingerprint density at radius 3 is 2.74 bits per heavy atom. The van der Waals surface area contributed by atoms with Crippen molar-refractivity contribution in [3.63, 3.8) is 0 Å². The van der Waals surface area contributed by atoms with E-state index in [0.29, 0.717) is 5.96 Å². The molecule has 0 unspecified atom stereocenters. The summed E-state index contributed by atoms with van der Waals surface area (Å²) < 4.78 is 5.38. The van der Waals surface area contributed by atoms with Crippen molar-refractivity contribution in [3.05, 3.63) is 29.8 Å². The molecule has 1 aromatic rings. The van der Waals surface area contributed by atoms with Gasteiger partial charge in [0.1, 0.15) is 5.75 Å². The van der Waals surface area contributed by atoms with Crippen molar-refractivity contribution in [1.29, 1.82) is 0 Å². The summed E-state index contributed by atoms with van der Waals surface area (Å²) in [5.74, 6) is 1.49. The number of methoxy groups -OCH3 is 1. The van der Waals surface area contributed by atoms with Crippen LogP contribution in [0.4, 0.5) is 0 Å². The molecule has 0 amide bonds. The van der Waals surface area contributed by atoms with Gasteiger partial charge in [0.2, 0.25) is 0 Å². The average Bonchev–Trinajstić information content (AvgIpc) is 3.03. The largest absolute Gasteiger partial charge is 0.497 e. The Hall–Kier alpha value is -0.980. The Bertz CT molecular complexity index is 499. The van der Waals surface area contributed by atoms with E-state index in [1.165, 1.54) is 31.2 Å². The Morgan fingerprint density at radius 1 is 1.35 bits per heavy atom. The van der Waals surface area contributed by atoms with Crippen molar-refractivity contribution >= 4 is 29.9 Å². The van der Waals surface area contributed by atoms with Gasteiger partial charge in [-0.3, -0.25) is 4.99 Å². The molecule has 23 heavy (non-hydrogen) atoms. The number of aliphatic imine (C=N–C) groups is 1. The van der Waals surface area contributed by atoms with Crippen LogP contribution in [0.5, 0.6) is 5.75 Å². The number of nitrogens with one attached hydrogen (secondary N) is 1. The highest BCUT2D eigenvalue weighted by molar-refractivity contribution is 14.0. The number of guanidine groups is 1. The highest BCUT2D eigenvalue weighted by atomic mass is 127. The fourth-order valence-corrected chi connectivity index (χ4v) is 3.23. The van der Waals surface area contributed by atoms with E-state index in [1.54, 1.807) is 7.11 Å². The molecule has 5 heteroatoms. The molecule has 0 heterocycles. The van der Waals surface area contributed by atoms with Crippen LogP contribution in [0.2, 0.25) is 0 Å². The van der Waals surface area contributed by atoms with Gasteiger partial charge in [0.25, 0.3) is 0 Å². The molecule has 0 atom stereocenters. The Balaban J connectivity index is 0.00000264. The van der Waals surface area contributed by atoms with Crippen LogP contribution >= 0.6 is 24.0 Å². The lowest BCUT2D eigenvalue weighted by atomic mass is 9.79. The number of hydrogen-bond acceptors (Lipinski definition) is 2. The van der Waals surface area contributed by atoms with Gasteiger partial charge in [0, 0.05) is 12.0 Å². The third kappa shape index (κ3) is 5.55. The summed E-state index contributed by atoms with van der Waals surface area (Å²) in [5, 5.41) is 3.20. The van der Waals surface area contributed by atoms with Crippen molar-refractivity contribution < 1.29 is 4.74 Å². The van der Waals surface area contributed by atoms with Gasteiger partial charge in [-0.2, -0.15) is 0 Å². The molecule has 4 nitrogen and oxygen atoms in total. The molecule has 0 bridgehead atoms. The van der Waals surface area contributed by atoms with Crippen LogP contribution in [0.1, 0.15) is 51.0 Å². The number of nitrogens with zero attached hydrogens (tertiary/aromatic N) is 1. The molecular weight excluding hydrogens is 401 g/mol. The molecule has 1 aliphatic carbocycles. The van der Waals surface area contributed by atoms with E-state index in [4.69, 9.17) is 10.5 Å². The SMILES string of the molecule is CCCCNC(N)=NCC1(c2cccc(OC)c2)CCCC1.I. The molecule has 0 saturated heterocycles. The van der Waals surface area contributed by atoms with E-state index in [0.717, 1.165) is 31.7 Å². The maximum atomic E-state index is 6.00. The van der Waals surface area contributed by atoms with E-state index >= 15 is 0 Å². The minimum atomic E-state index is 0. The molecule has 0 aliphatic heterocycles. The summed E-state index contributed by atoms with van der Waals surface area (Å²) in [6.07, 6.45) is 7.15. The Kier molecular flexibility index (Phi) is 8.73. The summed E-state index contributed by atoms with van der Waals surface area (Å²) >= 11 is 0. The van der Waals surface area contributed by atoms with Crippen molar-refractivity contribution in [2.45, 2.75) is 50.9 Å². The van der Waals surface area contributed by atoms with Gasteiger partial charge in [0.05, 0.1) is 13.7 Å². The number of ether oxygens (including phenoxy) is 1. The minimum absolute atomic E-state index is 0. The van der Waals surface area contributed by atoms with Gasteiger partial charge in [-0.25, -0.2) is 0 Å². The van der Waals surface area contributed by atoms with E-state index in [-0.39, 0.29) is 29.4 Å². The maximum Gasteiger partial charge on any atom is 0.188 e. The predicted molar refractivity (Wildman–Crippen MR) is 108 cm³/mol. The summed E-state index contributed by atoms with van der Waals surface area (Å²) in [5.41, 5.74) is 7.44. The van der Waals surface area contributed by atoms with E-state index in [1.807, 2.05) is 6.07 Å². The third-order valence-electron chi connectivity index (χ3n) is 4.63. The standard InChI is InChI=1S/C18H29N3O.HI/c1-3-4-12-20-17(19)21-14-18(10-5-6-11-18)15-8-7-9-16(13-15)22-2;/h7-9,13H,3-6,10-12,14H2,1-2H3,(H3,19,20,21);1H. The van der Waals surface area contributed by atoms with Gasteiger partial charge in [-0.05, 0) is 37.0 Å². The predicted octanol–water partition coefficient (Wildman–Crippen LogP) is 3.83. The lowest BCUT2D eigenvalue weighted by molar-refractivity contribution is 0.408. The molecule has 1 aromatic carbocycles. The summed E-state index contributed by atoms with van der Waals surface area (Å²) in [6, 6.07) is 8.42. The Morgan fingerprint density at radius 2 is 2.09 bits per heavy atom. The zero-order chi connectivity index (χ0) is 15.8. The van der Waals surface area contributed by atoms with Crippen LogP contribution in [0.3, 0.4) is 0 Å². The van der Waals surface area contributed by atoms with Crippen LogP contribution in [-0.4, -0.2) is 26.2 Å². The zero-order valence-electron chi connectivity index (χ0n) is 14.3. The summed E-state index contributed by atoms with van der Waals surface area (Å²) in [4.78, 5) is 4.62. The molecule has 3 N–H and O–H groups in total. The number of benzene rings is 1. The van der Waals surface area contributed by atoms with Crippen molar-refractivity contribution in [2.24, 2.45) is 10.7 Å². The smallest absolute Gasteiger partial charge is 0.188 e. The van der Waals surface area contributed by atoms with Crippen molar-refractivity contribution in [2.75, 3.05) is 20.2 Å². The number of halogens is 1. The quantitative estimate of drug-likeness (QED) is 0.299. The van der Waals surface area contributed by atoms with Crippen LogP contribution in [0, 0.1) is 0 Å². The average molecular weight is 431 g/mol. The van der Waals surface area contributed by atoms with Crippen molar-refractivity contribution in [1.82, 2.24) is 5.32 Å². The topological polar surface area (TPSA) is 59.6 Å². The fourth-order valence-electron chi connectivity index (χ4n) is 3.23. The Labute approximate surface area is 157 Å². The fraction of sp³-hybridized carbons (Fsp3) is 0.611. The van der Waals surface area contributed by atoms with Gasteiger partial charge in [0.15, 0.2) is 5.96 Å². The first-order valence-corrected chi connectivity index (χ1v) is 8.38. The molecule has 0 spiro atoms. The van der Waals surface area contributed by atoms with Gasteiger partial charge in [-0.1, -0.05) is 38.3 Å². The van der Waals surface area contributed by atoms with E-state index < -0.39 is 0 Å². The second kappa shape index (κ2) is 10.0. The number of rotatable bonds is 7. The van der Waals surface area contributed by atoms with Gasteiger partial charge in [-0.15, -0.1) is 24.0 Å². The highest BCUT2D eigenvalue weighted by Gasteiger charge is 2.35. The van der Waals surface area contributed by atoms with E-state index in [2.05, 4.69) is 35.4 Å².